The van der Waals surface area contributed by atoms with Crippen LogP contribution in [0.2, 0.25) is 0 Å². The van der Waals surface area contributed by atoms with Gasteiger partial charge in [0.2, 0.25) is 5.91 Å². The molecule has 1 heterocycles. The smallest absolute Gasteiger partial charge is 0.329 e. The number of ether oxygens (including phenoxy) is 2. The monoisotopic (exact) mass is 742 g/mol. The maximum Gasteiger partial charge on any atom is 0.329 e. The summed E-state index contributed by atoms with van der Waals surface area (Å²) in [5.74, 6) is -0.674. The van der Waals surface area contributed by atoms with Crippen molar-refractivity contribution in [1.82, 2.24) is 4.90 Å². The Morgan fingerprint density at radius 3 is 1.58 bits per heavy atom. The van der Waals surface area contributed by atoms with Crippen LogP contribution in [0.25, 0.3) is 0 Å². The standard InChI is InChI=1S/C46H80N2O5/c1-5-7-9-11-13-15-17-19-21-23-25-27-29-31-33-35-39-52-46(51)43-40-42(53-45(50)37-38-47(3)4)41-48(43)44(49)36-34-32-30-28-26-24-22-20-18-16-14-12-10-8-6-2/h13-16,19-22,42-43H,5-12,17-18,23-41H2,1-4H3/p+1/b15-13-,16-14-,21-19-,22-20-. The molecule has 0 aromatic heterocycles. The summed E-state index contributed by atoms with van der Waals surface area (Å²) < 4.78 is 11.4. The van der Waals surface area contributed by atoms with Crippen LogP contribution in [0.3, 0.4) is 0 Å². The first kappa shape index (κ1) is 48.3. The molecule has 7 nitrogen and oxygen atoms in total. The predicted octanol–water partition coefficient (Wildman–Crippen LogP) is 10.2. The summed E-state index contributed by atoms with van der Waals surface area (Å²) in [7, 11) is 3.99. The van der Waals surface area contributed by atoms with Gasteiger partial charge in [-0.05, 0) is 77.0 Å². The van der Waals surface area contributed by atoms with E-state index in [2.05, 4.69) is 62.5 Å². The summed E-state index contributed by atoms with van der Waals surface area (Å²) in [6, 6.07) is -0.678. The van der Waals surface area contributed by atoms with E-state index in [-0.39, 0.29) is 24.4 Å². The van der Waals surface area contributed by atoms with E-state index in [4.69, 9.17) is 9.47 Å². The lowest BCUT2D eigenvalue weighted by Gasteiger charge is -2.23. The Morgan fingerprint density at radius 2 is 1.08 bits per heavy atom. The second-order valence-electron chi connectivity index (χ2n) is 15.3. The Labute approximate surface area is 326 Å². The molecule has 1 N–H and O–H groups in total. The largest absolute Gasteiger partial charge is 0.464 e. The van der Waals surface area contributed by atoms with Crippen molar-refractivity contribution in [2.75, 3.05) is 33.8 Å². The minimum absolute atomic E-state index is 0.0392. The van der Waals surface area contributed by atoms with Gasteiger partial charge in [0, 0.05) is 12.8 Å². The molecule has 0 spiro atoms. The van der Waals surface area contributed by atoms with Crippen LogP contribution in [0.1, 0.15) is 181 Å². The number of nitrogens with one attached hydrogen (secondary N) is 1. The summed E-state index contributed by atoms with van der Waals surface area (Å²) in [4.78, 5) is 41.8. The molecule has 7 heteroatoms. The Balaban J connectivity index is 2.33. The highest BCUT2D eigenvalue weighted by atomic mass is 16.5. The first-order chi connectivity index (χ1) is 25.9. The van der Waals surface area contributed by atoms with Crippen LogP contribution in [-0.4, -0.2) is 68.7 Å². The molecule has 304 valence electrons. The number of quaternary nitrogens is 1. The van der Waals surface area contributed by atoms with E-state index in [0.717, 1.165) is 70.6 Å². The lowest BCUT2D eigenvalue weighted by atomic mass is 10.1. The lowest BCUT2D eigenvalue weighted by molar-refractivity contribution is -0.857. The normalized spacial score (nSPS) is 16.4. The molecule has 2 atom stereocenters. The van der Waals surface area contributed by atoms with Gasteiger partial charge in [-0.3, -0.25) is 9.59 Å². The van der Waals surface area contributed by atoms with E-state index in [1.807, 2.05) is 14.1 Å². The van der Waals surface area contributed by atoms with Gasteiger partial charge in [0.1, 0.15) is 12.1 Å². The third-order valence-electron chi connectivity index (χ3n) is 9.91. The van der Waals surface area contributed by atoms with Gasteiger partial charge in [0.25, 0.3) is 0 Å². The van der Waals surface area contributed by atoms with Gasteiger partial charge in [-0.1, -0.05) is 133 Å². The van der Waals surface area contributed by atoms with E-state index in [1.54, 1.807) is 4.90 Å². The molecule has 0 aliphatic carbocycles. The summed E-state index contributed by atoms with van der Waals surface area (Å²) in [5.41, 5.74) is 0. The maximum absolute atomic E-state index is 13.3. The van der Waals surface area contributed by atoms with E-state index < -0.39 is 12.1 Å². The van der Waals surface area contributed by atoms with E-state index in [1.165, 1.54) is 81.9 Å². The molecule has 1 aliphatic heterocycles. The second kappa shape index (κ2) is 35.1. The van der Waals surface area contributed by atoms with Crippen LogP contribution in [-0.2, 0) is 23.9 Å². The zero-order valence-corrected chi connectivity index (χ0v) is 34.8. The Kier molecular flexibility index (Phi) is 32.0. The molecule has 1 saturated heterocycles. The van der Waals surface area contributed by atoms with Gasteiger partial charge in [0.05, 0.1) is 40.2 Å². The zero-order valence-electron chi connectivity index (χ0n) is 34.8. The van der Waals surface area contributed by atoms with Crippen LogP contribution < -0.4 is 4.90 Å². The zero-order chi connectivity index (χ0) is 38.6. The minimum Gasteiger partial charge on any atom is -0.464 e. The number of likely N-dealkylation sites (tertiary alicyclic amines) is 1. The molecule has 1 rings (SSSR count). The lowest BCUT2D eigenvalue weighted by Crippen LogP contribution is -3.05. The average Bonchev–Trinajstić information content (AvgIpc) is 3.57. The topological polar surface area (TPSA) is 77.3 Å². The highest BCUT2D eigenvalue weighted by molar-refractivity contribution is 5.85. The maximum atomic E-state index is 13.3. The molecule has 0 bridgehead atoms. The quantitative estimate of drug-likeness (QED) is 0.0404. The number of carbonyl (C=O) groups excluding carboxylic acids is 3. The first-order valence-electron chi connectivity index (χ1n) is 21.9. The van der Waals surface area contributed by atoms with Crippen LogP contribution in [0, 0.1) is 0 Å². The third kappa shape index (κ3) is 28.4. The highest BCUT2D eigenvalue weighted by Gasteiger charge is 2.42. The molecular weight excluding hydrogens is 661 g/mol. The second-order valence-corrected chi connectivity index (χ2v) is 15.3. The van der Waals surface area contributed by atoms with E-state index in [9.17, 15) is 14.4 Å². The number of carbonyl (C=O) groups is 3. The van der Waals surface area contributed by atoms with Crippen molar-refractivity contribution in [2.24, 2.45) is 0 Å². The number of unbranched alkanes of at least 4 members (excludes halogenated alkanes) is 17. The predicted molar refractivity (Wildman–Crippen MR) is 222 cm³/mol. The molecule has 1 aliphatic rings. The number of esters is 2. The molecule has 2 unspecified atom stereocenters. The molecule has 1 fully saturated rings. The van der Waals surface area contributed by atoms with Crippen molar-refractivity contribution in [3.63, 3.8) is 0 Å². The Bertz CT molecular complexity index is 1030. The number of hydrogen-bond donors (Lipinski definition) is 1. The first-order valence-corrected chi connectivity index (χ1v) is 21.9. The number of nitrogens with zero attached hydrogens (tertiary/aromatic N) is 1. The van der Waals surface area contributed by atoms with Crippen molar-refractivity contribution in [3.05, 3.63) is 48.6 Å². The number of hydrogen-bond acceptors (Lipinski definition) is 5. The van der Waals surface area contributed by atoms with Gasteiger partial charge >= 0.3 is 11.9 Å². The fraction of sp³-hybridized carbons (Fsp3) is 0.761. The van der Waals surface area contributed by atoms with E-state index >= 15 is 0 Å². The Morgan fingerprint density at radius 1 is 0.604 bits per heavy atom. The van der Waals surface area contributed by atoms with E-state index in [0.29, 0.717) is 32.4 Å². The van der Waals surface area contributed by atoms with Gasteiger partial charge in [-0.2, -0.15) is 0 Å². The number of allylic oxidation sites excluding steroid dienone is 8. The van der Waals surface area contributed by atoms with Crippen molar-refractivity contribution < 1.29 is 28.8 Å². The summed E-state index contributed by atoms with van der Waals surface area (Å²) in [5, 5.41) is 0. The van der Waals surface area contributed by atoms with Crippen molar-refractivity contribution in [1.29, 1.82) is 0 Å². The molecular formula is C46H81N2O5+. The van der Waals surface area contributed by atoms with Gasteiger partial charge in [0.15, 0.2) is 0 Å². The van der Waals surface area contributed by atoms with Crippen molar-refractivity contribution in [2.45, 2.75) is 193 Å². The van der Waals surface area contributed by atoms with Crippen molar-refractivity contribution >= 4 is 17.8 Å². The van der Waals surface area contributed by atoms with Crippen LogP contribution in [0.5, 0.6) is 0 Å². The van der Waals surface area contributed by atoms with Gasteiger partial charge in [-0.15, -0.1) is 0 Å². The van der Waals surface area contributed by atoms with Crippen molar-refractivity contribution in [3.8, 4) is 0 Å². The molecule has 0 aromatic carbocycles. The summed E-state index contributed by atoms with van der Waals surface area (Å²) in [6.45, 7) is 5.80. The molecule has 1 amide bonds. The van der Waals surface area contributed by atoms with Crippen LogP contribution in [0.15, 0.2) is 48.6 Å². The number of amides is 1. The van der Waals surface area contributed by atoms with Gasteiger partial charge < -0.3 is 19.3 Å². The minimum atomic E-state index is -0.678. The summed E-state index contributed by atoms with van der Waals surface area (Å²) >= 11 is 0. The average molecular weight is 742 g/mol. The molecule has 53 heavy (non-hydrogen) atoms. The molecule has 0 radical (unpaired) electrons. The van der Waals surface area contributed by atoms with Crippen LogP contribution in [0.4, 0.5) is 0 Å². The van der Waals surface area contributed by atoms with Gasteiger partial charge in [-0.25, -0.2) is 4.79 Å². The highest BCUT2D eigenvalue weighted by Crippen LogP contribution is 2.24. The summed E-state index contributed by atoms with van der Waals surface area (Å²) in [6.07, 6.45) is 45.2. The Hall–Kier alpha value is -2.67. The molecule has 0 saturated carbocycles. The fourth-order valence-electron chi connectivity index (χ4n) is 6.57. The molecule has 0 aromatic rings. The fourth-order valence-corrected chi connectivity index (χ4v) is 6.57. The van der Waals surface area contributed by atoms with Crippen LogP contribution >= 0.6 is 0 Å². The SMILES string of the molecule is CCCCC/C=C\C/C=C\CCCCCCCCOC(=O)C1CC(OC(=O)CC[NH+](C)C)CN1C(=O)CCCCCCC/C=C\C/C=C\CCCCC. The number of rotatable bonds is 34. The third-order valence-corrected chi connectivity index (χ3v) is 9.91.